The Labute approximate surface area is 109 Å². The first kappa shape index (κ1) is 14.9. The summed E-state index contributed by atoms with van der Waals surface area (Å²) in [6.45, 7) is 4.34. The predicted molar refractivity (Wildman–Crippen MR) is 68.8 cm³/mol. The lowest BCUT2D eigenvalue weighted by Gasteiger charge is -2.24. The molecule has 0 aromatic carbocycles. The van der Waals surface area contributed by atoms with Crippen LogP contribution in [0.2, 0.25) is 0 Å². The van der Waals surface area contributed by atoms with Gasteiger partial charge in [-0.25, -0.2) is 0 Å². The Morgan fingerprint density at radius 1 is 1.50 bits per heavy atom. The Bertz CT molecular complexity index is 323. The first-order chi connectivity index (χ1) is 8.44. The molecule has 102 valence electrons. The lowest BCUT2D eigenvalue weighted by molar-refractivity contribution is -0.131. The summed E-state index contributed by atoms with van der Waals surface area (Å²) in [6.07, 6.45) is 2.79. The quantitative estimate of drug-likeness (QED) is 0.796. The summed E-state index contributed by atoms with van der Waals surface area (Å²) in [7, 11) is 1.73. The van der Waals surface area contributed by atoms with Gasteiger partial charge in [0.1, 0.15) is 0 Å². The summed E-state index contributed by atoms with van der Waals surface area (Å²) in [5.41, 5.74) is -0.593. The summed E-state index contributed by atoms with van der Waals surface area (Å²) < 4.78 is 0. The maximum absolute atomic E-state index is 11.9. The van der Waals surface area contributed by atoms with Crippen molar-refractivity contribution < 1.29 is 9.90 Å². The Kier molecular flexibility index (Phi) is 5.57. The molecule has 1 atom stereocenters. The molecule has 0 aliphatic carbocycles. The van der Waals surface area contributed by atoms with Gasteiger partial charge in [0.05, 0.1) is 24.6 Å². The average Bonchev–Trinajstić information content (AvgIpc) is 2.48. The molecule has 1 heterocycles. The van der Waals surface area contributed by atoms with Crippen molar-refractivity contribution in [1.29, 1.82) is 5.26 Å². The van der Waals surface area contributed by atoms with Crippen LogP contribution in [0.5, 0.6) is 0 Å². The van der Waals surface area contributed by atoms with Gasteiger partial charge in [-0.2, -0.15) is 5.26 Å². The van der Waals surface area contributed by atoms with E-state index >= 15 is 0 Å². The number of rotatable bonds is 4. The van der Waals surface area contributed by atoms with Gasteiger partial charge in [0.2, 0.25) is 5.91 Å². The Morgan fingerprint density at radius 2 is 2.22 bits per heavy atom. The van der Waals surface area contributed by atoms with Crippen molar-refractivity contribution >= 4 is 5.91 Å². The van der Waals surface area contributed by atoms with Crippen LogP contribution in [0.3, 0.4) is 0 Å². The number of likely N-dealkylation sites (tertiary alicyclic amines) is 1. The lowest BCUT2D eigenvalue weighted by Crippen LogP contribution is -2.39. The zero-order valence-corrected chi connectivity index (χ0v) is 11.4. The van der Waals surface area contributed by atoms with E-state index < -0.39 is 5.60 Å². The highest BCUT2D eigenvalue weighted by molar-refractivity contribution is 5.78. The van der Waals surface area contributed by atoms with Crippen molar-refractivity contribution in [2.24, 2.45) is 0 Å². The topological polar surface area (TPSA) is 67.6 Å². The highest BCUT2D eigenvalue weighted by Gasteiger charge is 2.26. The average molecular weight is 253 g/mol. The van der Waals surface area contributed by atoms with Gasteiger partial charge in [-0.15, -0.1) is 0 Å². The molecule has 0 spiro atoms. The Morgan fingerprint density at radius 3 is 2.89 bits per heavy atom. The summed E-state index contributed by atoms with van der Waals surface area (Å²) in [4.78, 5) is 15.6. The van der Waals surface area contributed by atoms with E-state index in [-0.39, 0.29) is 5.91 Å². The number of amides is 1. The van der Waals surface area contributed by atoms with E-state index in [4.69, 9.17) is 5.26 Å². The van der Waals surface area contributed by atoms with Crippen LogP contribution in [0.1, 0.15) is 32.6 Å². The van der Waals surface area contributed by atoms with E-state index in [1.54, 1.807) is 11.9 Å². The molecule has 5 heteroatoms. The molecular weight excluding hydrogens is 230 g/mol. The van der Waals surface area contributed by atoms with E-state index in [0.717, 1.165) is 25.9 Å². The Hall–Kier alpha value is -1.12. The van der Waals surface area contributed by atoms with Crippen LogP contribution in [0, 0.1) is 11.3 Å². The first-order valence-electron chi connectivity index (χ1n) is 6.50. The predicted octanol–water partition coefficient (Wildman–Crippen LogP) is 0.595. The fourth-order valence-corrected chi connectivity index (χ4v) is 2.13. The second-order valence-electron chi connectivity index (χ2n) is 5.35. The lowest BCUT2D eigenvalue weighted by atomic mass is 9.98. The number of carbonyl (C=O) groups is 1. The van der Waals surface area contributed by atoms with Crippen molar-refractivity contribution in [3.05, 3.63) is 0 Å². The van der Waals surface area contributed by atoms with Gasteiger partial charge in [-0.05, 0) is 32.7 Å². The van der Waals surface area contributed by atoms with Gasteiger partial charge < -0.3 is 10.0 Å². The molecule has 1 aliphatic heterocycles. The van der Waals surface area contributed by atoms with Crippen LogP contribution >= 0.6 is 0 Å². The third-order valence-electron chi connectivity index (χ3n) is 3.50. The molecule has 18 heavy (non-hydrogen) atoms. The fourth-order valence-electron chi connectivity index (χ4n) is 2.13. The van der Waals surface area contributed by atoms with Crippen LogP contribution in [0.25, 0.3) is 0 Å². The number of nitrogens with zero attached hydrogens (tertiary/aromatic N) is 3. The minimum atomic E-state index is -0.593. The third kappa shape index (κ3) is 5.03. The van der Waals surface area contributed by atoms with Crippen LogP contribution < -0.4 is 0 Å². The standard InChI is InChI=1S/C13H23N3O2/c1-13(18)5-3-9-16(10-6-13)11-12(17)15(2)8-4-7-14/h18H,3-6,8-11H2,1-2H3. The first-order valence-corrected chi connectivity index (χ1v) is 6.50. The van der Waals surface area contributed by atoms with E-state index in [9.17, 15) is 9.90 Å². The monoisotopic (exact) mass is 253 g/mol. The summed E-state index contributed by atoms with van der Waals surface area (Å²) in [6, 6.07) is 2.04. The van der Waals surface area contributed by atoms with Gasteiger partial charge >= 0.3 is 0 Å². The molecule has 0 saturated carbocycles. The van der Waals surface area contributed by atoms with Crippen LogP contribution in [0.15, 0.2) is 0 Å². The van der Waals surface area contributed by atoms with Crippen LogP contribution in [0.4, 0.5) is 0 Å². The number of carbonyl (C=O) groups excluding carboxylic acids is 1. The molecule has 5 nitrogen and oxygen atoms in total. The van der Waals surface area contributed by atoms with Gasteiger partial charge in [0, 0.05) is 20.1 Å². The maximum atomic E-state index is 11.9. The highest BCUT2D eigenvalue weighted by atomic mass is 16.3. The third-order valence-corrected chi connectivity index (χ3v) is 3.50. The number of likely N-dealkylation sites (N-methyl/N-ethyl adjacent to an activating group) is 1. The number of aliphatic hydroxyl groups is 1. The molecule has 1 saturated heterocycles. The molecule has 1 aliphatic rings. The van der Waals surface area contributed by atoms with Crippen molar-refractivity contribution in [3.63, 3.8) is 0 Å². The molecule has 1 rings (SSSR count). The second-order valence-corrected chi connectivity index (χ2v) is 5.35. The molecule has 0 radical (unpaired) electrons. The minimum absolute atomic E-state index is 0.0480. The van der Waals surface area contributed by atoms with Gasteiger partial charge in [0.15, 0.2) is 0 Å². The number of nitriles is 1. The van der Waals surface area contributed by atoms with Crippen LogP contribution in [-0.2, 0) is 4.79 Å². The largest absolute Gasteiger partial charge is 0.390 e. The molecule has 0 bridgehead atoms. The summed E-state index contributed by atoms with van der Waals surface area (Å²) in [5.74, 6) is 0.0480. The molecule has 1 amide bonds. The molecular formula is C13H23N3O2. The highest BCUT2D eigenvalue weighted by Crippen LogP contribution is 2.21. The summed E-state index contributed by atoms with van der Waals surface area (Å²) >= 11 is 0. The fraction of sp³-hybridized carbons (Fsp3) is 0.846. The van der Waals surface area contributed by atoms with Gasteiger partial charge in [-0.3, -0.25) is 9.69 Å². The molecule has 1 N–H and O–H groups in total. The molecule has 1 fully saturated rings. The zero-order chi connectivity index (χ0) is 13.6. The SMILES string of the molecule is CN(CCC#N)C(=O)CN1CCCC(C)(O)CC1. The van der Waals surface area contributed by atoms with E-state index in [1.807, 2.05) is 13.0 Å². The molecule has 0 aromatic rings. The van der Waals surface area contributed by atoms with Crippen molar-refractivity contribution in [3.8, 4) is 6.07 Å². The van der Waals surface area contributed by atoms with E-state index in [1.165, 1.54) is 0 Å². The van der Waals surface area contributed by atoms with Crippen molar-refractivity contribution in [2.75, 3.05) is 33.2 Å². The Balaban J connectivity index is 2.38. The minimum Gasteiger partial charge on any atom is -0.390 e. The smallest absolute Gasteiger partial charge is 0.236 e. The number of hydrogen-bond donors (Lipinski definition) is 1. The maximum Gasteiger partial charge on any atom is 0.236 e. The number of hydrogen-bond acceptors (Lipinski definition) is 4. The van der Waals surface area contributed by atoms with Crippen molar-refractivity contribution in [2.45, 2.75) is 38.2 Å². The summed E-state index contributed by atoms with van der Waals surface area (Å²) in [5, 5.41) is 18.5. The van der Waals surface area contributed by atoms with Crippen LogP contribution in [-0.4, -0.2) is 59.6 Å². The molecule has 0 aromatic heterocycles. The van der Waals surface area contributed by atoms with Crippen molar-refractivity contribution in [1.82, 2.24) is 9.80 Å². The normalized spacial score (nSPS) is 25.2. The second kappa shape index (κ2) is 6.72. The molecule has 1 unspecified atom stereocenters. The zero-order valence-electron chi connectivity index (χ0n) is 11.4. The van der Waals surface area contributed by atoms with E-state index in [2.05, 4.69) is 4.90 Å². The van der Waals surface area contributed by atoms with Gasteiger partial charge in [-0.1, -0.05) is 0 Å². The van der Waals surface area contributed by atoms with Gasteiger partial charge in [0.25, 0.3) is 0 Å². The van der Waals surface area contributed by atoms with E-state index in [0.29, 0.717) is 25.9 Å².